The van der Waals surface area contributed by atoms with Crippen LogP contribution in [0.4, 0.5) is 0 Å². The number of amides is 1. The van der Waals surface area contributed by atoms with Crippen LogP contribution in [0.5, 0.6) is 0 Å². The molecule has 0 aliphatic carbocycles. The van der Waals surface area contributed by atoms with Gasteiger partial charge in [-0.1, -0.05) is 5.92 Å². The number of aliphatic hydroxyl groups excluding tert-OH is 1. The van der Waals surface area contributed by atoms with Gasteiger partial charge in [-0.15, -0.1) is 6.42 Å². The Morgan fingerprint density at radius 1 is 1.33 bits per heavy atom. The van der Waals surface area contributed by atoms with Crippen molar-refractivity contribution < 1.29 is 19.8 Å². The topological polar surface area (TPSA) is 86.6 Å². The van der Waals surface area contributed by atoms with Gasteiger partial charge in [0, 0.05) is 11.1 Å². The molecule has 0 spiro atoms. The molecule has 0 fully saturated rings. The fourth-order valence-electron chi connectivity index (χ4n) is 1.33. The molecule has 5 heteroatoms. The largest absolute Gasteiger partial charge is 0.480 e. The summed E-state index contributed by atoms with van der Waals surface area (Å²) in [6, 6.07) is 4.79. The van der Waals surface area contributed by atoms with Gasteiger partial charge in [0.25, 0.3) is 5.91 Å². The zero-order chi connectivity index (χ0) is 13.7. The fourth-order valence-corrected chi connectivity index (χ4v) is 1.33. The number of terminal acetylenes is 1. The molecule has 1 aromatic carbocycles. The van der Waals surface area contributed by atoms with Crippen LogP contribution in [0.25, 0.3) is 0 Å². The van der Waals surface area contributed by atoms with Gasteiger partial charge in [-0.3, -0.25) is 4.79 Å². The highest BCUT2D eigenvalue weighted by Crippen LogP contribution is 2.04. The van der Waals surface area contributed by atoms with Crippen LogP contribution in [0.2, 0.25) is 0 Å². The summed E-state index contributed by atoms with van der Waals surface area (Å²) in [4.78, 5) is 22.5. The summed E-state index contributed by atoms with van der Waals surface area (Å²) >= 11 is 0. The number of hydrogen-bond donors (Lipinski definition) is 3. The predicted octanol–water partition coefficient (Wildman–Crippen LogP) is 0.232. The predicted molar refractivity (Wildman–Crippen MR) is 64.9 cm³/mol. The number of aliphatic carboxylic acids is 1. The van der Waals surface area contributed by atoms with Gasteiger partial charge >= 0.3 is 5.97 Å². The van der Waals surface area contributed by atoms with Crippen molar-refractivity contribution in [2.75, 3.05) is 0 Å². The van der Waals surface area contributed by atoms with Crippen molar-refractivity contribution in [1.82, 2.24) is 5.32 Å². The molecule has 0 aliphatic heterocycles. The van der Waals surface area contributed by atoms with E-state index >= 15 is 0 Å². The lowest BCUT2D eigenvalue weighted by Gasteiger charge is -2.16. The van der Waals surface area contributed by atoms with E-state index in [9.17, 15) is 14.7 Å². The second-order valence-corrected chi connectivity index (χ2v) is 3.75. The van der Waals surface area contributed by atoms with Gasteiger partial charge < -0.3 is 15.5 Å². The molecule has 94 valence electrons. The van der Waals surface area contributed by atoms with Crippen molar-refractivity contribution in [2.45, 2.75) is 19.1 Å². The summed E-state index contributed by atoms with van der Waals surface area (Å²) in [6.07, 6.45) is 3.99. The van der Waals surface area contributed by atoms with E-state index in [0.29, 0.717) is 5.56 Å². The van der Waals surface area contributed by atoms with Gasteiger partial charge in [0.2, 0.25) is 0 Å². The Balaban J connectivity index is 2.81. The maximum atomic E-state index is 11.7. The average molecular weight is 247 g/mol. The van der Waals surface area contributed by atoms with Crippen molar-refractivity contribution in [3.63, 3.8) is 0 Å². The van der Waals surface area contributed by atoms with Crippen LogP contribution in [0.15, 0.2) is 24.3 Å². The Morgan fingerprint density at radius 3 is 2.28 bits per heavy atom. The molecule has 0 saturated heterocycles. The zero-order valence-electron chi connectivity index (χ0n) is 9.75. The van der Waals surface area contributed by atoms with Crippen molar-refractivity contribution >= 4 is 11.9 Å². The van der Waals surface area contributed by atoms with E-state index in [-0.39, 0.29) is 5.56 Å². The molecule has 5 nitrogen and oxygen atoms in total. The third-order valence-electron chi connectivity index (χ3n) is 2.35. The van der Waals surface area contributed by atoms with Crippen LogP contribution in [-0.2, 0) is 4.79 Å². The molecule has 1 rings (SSSR count). The Hall–Kier alpha value is -2.32. The second-order valence-electron chi connectivity index (χ2n) is 3.75. The van der Waals surface area contributed by atoms with Crippen LogP contribution in [0.1, 0.15) is 22.8 Å². The lowest BCUT2D eigenvalue weighted by atomic mass is 10.1. The average Bonchev–Trinajstić information content (AvgIpc) is 2.35. The van der Waals surface area contributed by atoms with Gasteiger partial charge in [0.15, 0.2) is 6.04 Å². The summed E-state index contributed by atoms with van der Waals surface area (Å²) in [5.74, 6) is 0.535. The number of nitrogens with one attached hydrogen (secondary N) is 1. The molecule has 0 bridgehead atoms. The second kappa shape index (κ2) is 5.84. The quantitative estimate of drug-likeness (QED) is 0.665. The lowest BCUT2D eigenvalue weighted by molar-refractivity contribution is -0.141. The summed E-state index contributed by atoms with van der Waals surface area (Å²) in [7, 11) is 0. The number of carbonyl (C=O) groups is 2. The monoisotopic (exact) mass is 247 g/mol. The van der Waals surface area contributed by atoms with E-state index in [4.69, 9.17) is 11.5 Å². The van der Waals surface area contributed by atoms with Crippen LogP contribution in [-0.4, -0.2) is 34.2 Å². The van der Waals surface area contributed by atoms with Crippen LogP contribution in [0, 0.1) is 12.3 Å². The molecule has 2 atom stereocenters. The van der Waals surface area contributed by atoms with E-state index in [0.717, 1.165) is 0 Å². The minimum absolute atomic E-state index is 0.279. The van der Waals surface area contributed by atoms with E-state index in [2.05, 4.69) is 11.2 Å². The summed E-state index contributed by atoms with van der Waals surface area (Å²) < 4.78 is 0. The van der Waals surface area contributed by atoms with E-state index in [1.54, 1.807) is 12.1 Å². The molecule has 1 aromatic rings. The third kappa shape index (κ3) is 3.34. The first kappa shape index (κ1) is 13.7. The maximum Gasteiger partial charge on any atom is 0.328 e. The van der Waals surface area contributed by atoms with E-state index in [1.165, 1.54) is 19.1 Å². The van der Waals surface area contributed by atoms with Crippen molar-refractivity contribution in [1.29, 1.82) is 0 Å². The van der Waals surface area contributed by atoms with Gasteiger partial charge in [-0.05, 0) is 31.2 Å². The number of carbonyl (C=O) groups excluding carboxylic acids is 1. The van der Waals surface area contributed by atoms with Gasteiger partial charge in [0.05, 0.1) is 6.10 Å². The first-order valence-corrected chi connectivity index (χ1v) is 5.24. The SMILES string of the molecule is C#Cc1ccc(C(=O)NC(C(=O)O)C(C)O)cc1. The molecule has 1 amide bonds. The number of aliphatic hydroxyl groups is 1. The number of benzene rings is 1. The molecule has 18 heavy (non-hydrogen) atoms. The van der Waals surface area contributed by atoms with Crippen molar-refractivity contribution in [3.05, 3.63) is 35.4 Å². The molecule has 0 radical (unpaired) electrons. The minimum atomic E-state index is -1.34. The number of carboxylic acids is 1. The Bertz CT molecular complexity index is 485. The molecule has 0 aromatic heterocycles. The fraction of sp³-hybridized carbons (Fsp3) is 0.231. The Labute approximate surface area is 104 Å². The van der Waals surface area contributed by atoms with Crippen LogP contribution < -0.4 is 5.32 Å². The lowest BCUT2D eigenvalue weighted by Crippen LogP contribution is -2.47. The van der Waals surface area contributed by atoms with Crippen molar-refractivity contribution in [3.8, 4) is 12.3 Å². The molecule has 0 heterocycles. The van der Waals surface area contributed by atoms with Crippen LogP contribution >= 0.6 is 0 Å². The van der Waals surface area contributed by atoms with Gasteiger partial charge in [-0.2, -0.15) is 0 Å². The molecule has 0 aliphatic rings. The first-order chi connectivity index (χ1) is 8.45. The standard InChI is InChI=1S/C13H13NO4/c1-3-9-4-6-10(7-5-9)12(16)14-11(8(2)15)13(17)18/h1,4-8,11,15H,2H3,(H,14,16)(H,17,18). The number of carboxylic acid groups (broad SMARTS) is 1. The summed E-state index contributed by atoms with van der Waals surface area (Å²) in [5, 5.41) is 20.3. The Kier molecular flexibility index (Phi) is 4.46. The van der Waals surface area contributed by atoms with Gasteiger partial charge in [-0.25, -0.2) is 4.79 Å². The highest BCUT2D eigenvalue weighted by molar-refractivity contribution is 5.96. The Morgan fingerprint density at radius 2 is 1.89 bits per heavy atom. The zero-order valence-corrected chi connectivity index (χ0v) is 9.75. The molecule has 0 saturated carbocycles. The van der Waals surface area contributed by atoms with Crippen LogP contribution in [0.3, 0.4) is 0 Å². The van der Waals surface area contributed by atoms with E-state index < -0.39 is 24.0 Å². The molecular formula is C13H13NO4. The third-order valence-corrected chi connectivity index (χ3v) is 2.35. The number of rotatable bonds is 4. The van der Waals surface area contributed by atoms with E-state index in [1.807, 2.05) is 0 Å². The highest BCUT2D eigenvalue weighted by atomic mass is 16.4. The highest BCUT2D eigenvalue weighted by Gasteiger charge is 2.25. The molecular weight excluding hydrogens is 234 g/mol. The summed E-state index contributed by atoms with van der Waals surface area (Å²) in [6.45, 7) is 1.29. The molecule has 2 unspecified atom stereocenters. The minimum Gasteiger partial charge on any atom is -0.480 e. The normalized spacial score (nSPS) is 13.2. The number of hydrogen-bond acceptors (Lipinski definition) is 3. The molecule has 3 N–H and O–H groups in total. The van der Waals surface area contributed by atoms with Crippen molar-refractivity contribution in [2.24, 2.45) is 0 Å². The maximum absolute atomic E-state index is 11.7. The van der Waals surface area contributed by atoms with Gasteiger partial charge in [0.1, 0.15) is 0 Å². The summed E-state index contributed by atoms with van der Waals surface area (Å²) in [5.41, 5.74) is 0.901. The smallest absolute Gasteiger partial charge is 0.328 e. The first-order valence-electron chi connectivity index (χ1n) is 5.24.